The molecule has 0 aliphatic carbocycles. The fourth-order valence-corrected chi connectivity index (χ4v) is 6.25. The molecule has 0 aromatic carbocycles. The second-order valence-corrected chi connectivity index (χ2v) is 11.1. The van der Waals surface area contributed by atoms with Crippen LogP contribution in [0.1, 0.15) is 150 Å². The molecule has 0 heterocycles. The number of rotatable bonds is 27. The van der Waals surface area contributed by atoms with Crippen LogP contribution >= 0.6 is 0 Å². The molecule has 0 rings (SSSR count). The first-order valence-electron chi connectivity index (χ1n) is 15.9. The van der Waals surface area contributed by atoms with Crippen molar-refractivity contribution >= 4 is 17.9 Å². The number of carbonyl (C=O) groups is 3. The minimum absolute atomic E-state index is 0.120. The van der Waals surface area contributed by atoms with Crippen LogP contribution in [0.15, 0.2) is 12.2 Å². The standard InChI is InChI=1S/C32H59NO6/c1-5-9-10-11-12-13-14-15-16-17-18-19-20-21-22-23-24-25-26-33(27(6-2)30(34)35,28(7-3)31(36)37)29(8-4)32(38)39/h21-22,27-29H,5-20,23-26H2,1-4H3,(H2-,34,35,36,37,38,39)/b22-21+. The van der Waals surface area contributed by atoms with Gasteiger partial charge in [-0.15, -0.1) is 0 Å². The van der Waals surface area contributed by atoms with Crippen molar-refractivity contribution in [2.24, 2.45) is 0 Å². The number of carboxylic acids is 3. The molecule has 3 atom stereocenters. The zero-order valence-electron chi connectivity index (χ0n) is 25.5. The molecule has 2 N–H and O–H groups in total. The lowest BCUT2D eigenvalue weighted by Gasteiger charge is -2.51. The maximum absolute atomic E-state index is 12.2. The summed E-state index contributed by atoms with van der Waals surface area (Å²) in [7, 11) is 0. The largest absolute Gasteiger partial charge is 0.544 e. The third kappa shape index (κ3) is 13.8. The molecule has 0 aliphatic heterocycles. The van der Waals surface area contributed by atoms with Gasteiger partial charge >= 0.3 is 11.9 Å². The highest BCUT2D eigenvalue weighted by molar-refractivity contribution is 5.77. The summed E-state index contributed by atoms with van der Waals surface area (Å²) < 4.78 is -0.487. The maximum atomic E-state index is 12.2. The lowest BCUT2D eigenvalue weighted by molar-refractivity contribution is -0.974. The second-order valence-electron chi connectivity index (χ2n) is 11.1. The van der Waals surface area contributed by atoms with Crippen molar-refractivity contribution in [1.82, 2.24) is 0 Å². The predicted octanol–water partition coefficient (Wildman–Crippen LogP) is 6.88. The van der Waals surface area contributed by atoms with Gasteiger partial charge in [0.25, 0.3) is 0 Å². The van der Waals surface area contributed by atoms with Crippen molar-refractivity contribution < 1.29 is 34.2 Å². The van der Waals surface area contributed by atoms with E-state index in [1.807, 2.05) is 0 Å². The smallest absolute Gasteiger partial charge is 0.362 e. The quantitative estimate of drug-likeness (QED) is 0.0651. The minimum Gasteiger partial charge on any atom is -0.544 e. The Labute approximate surface area is 238 Å². The molecule has 7 nitrogen and oxygen atoms in total. The summed E-state index contributed by atoms with van der Waals surface area (Å²) in [5, 5.41) is 32.1. The number of carbonyl (C=O) groups excluding carboxylic acids is 1. The van der Waals surface area contributed by atoms with Gasteiger partial charge in [-0.2, -0.15) is 0 Å². The molecule has 0 aromatic heterocycles. The van der Waals surface area contributed by atoms with Gasteiger partial charge in [-0.3, -0.25) is 4.48 Å². The van der Waals surface area contributed by atoms with Gasteiger partial charge in [0.1, 0.15) is 6.04 Å². The Morgan fingerprint density at radius 3 is 1.28 bits per heavy atom. The summed E-state index contributed by atoms with van der Waals surface area (Å²) in [4.78, 5) is 36.6. The highest BCUT2D eigenvalue weighted by atomic mass is 16.4. The predicted molar refractivity (Wildman–Crippen MR) is 156 cm³/mol. The topological polar surface area (TPSA) is 115 Å². The summed E-state index contributed by atoms with van der Waals surface area (Å²) in [6.07, 6.45) is 24.0. The Morgan fingerprint density at radius 2 is 0.949 bits per heavy atom. The Kier molecular flexibility index (Phi) is 21.8. The van der Waals surface area contributed by atoms with Gasteiger partial charge in [-0.25, -0.2) is 9.59 Å². The van der Waals surface area contributed by atoms with Crippen LogP contribution in [0, 0.1) is 0 Å². The van der Waals surface area contributed by atoms with Gasteiger partial charge in [0.2, 0.25) is 0 Å². The van der Waals surface area contributed by atoms with E-state index < -0.39 is 40.5 Å². The number of nitrogens with zero attached hydrogens (tertiary/aromatic N) is 1. The van der Waals surface area contributed by atoms with Crippen molar-refractivity contribution in [1.29, 1.82) is 0 Å². The molecule has 0 aliphatic rings. The van der Waals surface area contributed by atoms with E-state index in [0.717, 1.165) is 19.3 Å². The summed E-state index contributed by atoms with van der Waals surface area (Å²) in [6.45, 7) is 7.47. The van der Waals surface area contributed by atoms with Crippen molar-refractivity contribution in [2.75, 3.05) is 6.54 Å². The lowest BCUT2D eigenvalue weighted by atomic mass is 9.94. The van der Waals surface area contributed by atoms with E-state index in [9.17, 15) is 29.7 Å². The van der Waals surface area contributed by atoms with Crippen molar-refractivity contribution in [3.63, 3.8) is 0 Å². The Morgan fingerprint density at radius 1 is 0.590 bits per heavy atom. The van der Waals surface area contributed by atoms with Crippen LogP contribution in [0.3, 0.4) is 0 Å². The molecular weight excluding hydrogens is 494 g/mol. The molecule has 0 bridgehead atoms. The van der Waals surface area contributed by atoms with Crippen LogP contribution in [0.25, 0.3) is 0 Å². The molecule has 7 heteroatoms. The second kappa shape index (κ2) is 22.9. The number of aliphatic carboxylic acids is 3. The van der Waals surface area contributed by atoms with E-state index in [2.05, 4.69) is 19.1 Å². The zero-order valence-corrected chi connectivity index (χ0v) is 25.5. The molecule has 3 unspecified atom stereocenters. The number of hydrogen-bond acceptors (Lipinski definition) is 4. The summed E-state index contributed by atoms with van der Waals surface area (Å²) in [5.74, 6) is -3.68. The molecule has 39 heavy (non-hydrogen) atoms. The van der Waals surface area contributed by atoms with Gasteiger partial charge in [0.05, 0.1) is 12.5 Å². The average Bonchev–Trinajstić information content (AvgIpc) is 2.88. The van der Waals surface area contributed by atoms with Crippen molar-refractivity contribution in [3.8, 4) is 0 Å². The normalized spacial score (nSPS) is 15.6. The van der Waals surface area contributed by atoms with Crippen molar-refractivity contribution in [2.45, 2.75) is 168 Å². The van der Waals surface area contributed by atoms with Gasteiger partial charge in [-0.05, 0) is 32.1 Å². The molecule has 228 valence electrons. The number of unbranched alkanes of at least 4 members (excludes halogenated alkanes) is 14. The number of quaternary nitrogens is 1. The number of hydrogen-bond donors (Lipinski definition) is 2. The Hall–Kier alpha value is -1.89. The van der Waals surface area contributed by atoms with Gasteiger partial charge in [0, 0.05) is 19.3 Å². The van der Waals surface area contributed by atoms with Crippen LogP contribution in [0.5, 0.6) is 0 Å². The van der Waals surface area contributed by atoms with Gasteiger partial charge in [0.15, 0.2) is 12.1 Å². The molecule has 0 saturated heterocycles. The molecule has 0 aromatic rings. The van der Waals surface area contributed by atoms with Crippen LogP contribution < -0.4 is 5.11 Å². The molecule has 0 saturated carbocycles. The van der Waals surface area contributed by atoms with Gasteiger partial charge in [-0.1, -0.05) is 110 Å². The summed E-state index contributed by atoms with van der Waals surface area (Å²) >= 11 is 0. The first-order valence-corrected chi connectivity index (χ1v) is 15.9. The van der Waals surface area contributed by atoms with Crippen LogP contribution in [-0.2, 0) is 14.4 Å². The number of carboxylic acid groups (broad SMARTS) is 3. The first kappa shape index (κ1) is 37.1. The fraction of sp³-hybridized carbons (Fsp3) is 0.844. The van der Waals surface area contributed by atoms with Crippen LogP contribution in [0.2, 0.25) is 0 Å². The highest BCUT2D eigenvalue weighted by Gasteiger charge is 2.53. The maximum Gasteiger partial charge on any atom is 0.362 e. The lowest BCUT2D eigenvalue weighted by Crippen LogP contribution is -2.73. The van der Waals surface area contributed by atoms with Crippen molar-refractivity contribution in [3.05, 3.63) is 12.2 Å². The zero-order chi connectivity index (χ0) is 29.5. The first-order chi connectivity index (χ1) is 18.7. The van der Waals surface area contributed by atoms with Crippen LogP contribution in [-0.4, -0.2) is 57.3 Å². The summed E-state index contributed by atoms with van der Waals surface area (Å²) in [6, 6.07) is -3.42. The minimum atomic E-state index is -1.38. The number of allylic oxidation sites excluding steroid dienone is 2. The fourth-order valence-electron chi connectivity index (χ4n) is 6.25. The monoisotopic (exact) mass is 553 g/mol. The van der Waals surface area contributed by atoms with E-state index in [1.165, 1.54) is 77.0 Å². The summed E-state index contributed by atoms with van der Waals surface area (Å²) in [5.41, 5.74) is 0. The van der Waals surface area contributed by atoms with E-state index in [0.29, 0.717) is 6.42 Å². The average molecular weight is 554 g/mol. The van der Waals surface area contributed by atoms with E-state index in [-0.39, 0.29) is 25.8 Å². The Balaban J connectivity index is 4.65. The van der Waals surface area contributed by atoms with E-state index in [4.69, 9.17) is 0 Å². The molecule has 0 spiro atoms. The third-order valence-electron chi connectivity index (χ3n) is 8.30. The molecule has 0 fully saturated rings. The van der Waals surface area contributed by atoms with E-state index >= 15 is 0 Å². The SMILES string of the molecule is CCCCCCCCCCCCCC/C=C/CCCC[N+](C(CC)C(=O)[O-])(C(CC)C(=O)O)C(CC)C(=O)O. The van der Waals surface area contributed by atoms with E-state index in [1.54, 1.807) is 20.8 Å². The molecule has 0 radical (unpaired) electrons. The molecule has 0 amide bonds. The van der Waals surface area contributed by atoms with Gasteiger partial charge < -0.3 is 20.1 Å². The van der Waals surface area contributed by atoms with Crippen LogP contribution in [0.4, 0.5) is 0 Å². The Bertz CT molecular complexity index is 637. The molecular formula is C32H59NO6. The highest BCUT2D eigenvalue weighted by Crippen LogP contribution is 2.32. The third-order valence-corrected chi connectivity index (χ3v) is 8.30.